The highest BCUT2D eigenvalue weighted by atomic mass is 32.2. The van der Waals surface area contributed by atoms with Crippen molar-refractivity contribution >= 4 is 31.6 Å². The van der Waals surface area contributed by atoms with Crippen molar-refractivity contribution in [2.75, 3.05) is 46.0 Å². The molecule has 0 saturated carbocycles. The lowest BCUT2D eigenvalue weighted by molar-refractivity contribution is -0.147. The Labute approximate surface area is 373 Å². The molecule has 13 nitrogen and oxygen atoms in total. The molecule has 0 aliphatic carbocycles. The Balaban J connectivity index is 0.000000238. The van der Waals surface area contributed by atoms with Gasteiger partial charge in [-0.25, -0.2) is 22.3 Å². The van der Waals surface area contributed by atoms with Crippen LogP contribution in [0.2, 0.25) is 0 Å². The number of piperidine rings is 2. The summed E-state index contributed by atoms with van der Waals surface area (Å²) in [6, 6.07) is 32.5. The van der Waals surface area contributed by atoms with Crippen LogP contribution in [0.4, 0.5) is 0 Å². The van der Waals surface area contributed by atoms with Gasteiger partial charge >= 0.3 is 5.97 Å². The summed E-state index contributed by atoms with van der Waals surface area (Å²) in [5.41, 5.74) is 3.89. The molecule has 0 aromatic heterocycles. The number of carbonyl (C=O) groups excluding carboxylic acids is 2. The SMILES string of the molecule is CCCCOc1ccc(S(=O)(=O)C2(C(=O)NO)CCN(Cc3ccccc3)CC2)cc1.CCCCOc1ccc(S(=O)(=O)C2(C(=O)OCC)CCN(Cc3ccccc3)CC2)cc1. The third kappa shape index (κ3) is 12.1. The standard InChI is InChI=1S/C25H33NO5S.C23H30N2O5S/c1-3-5-19-31-22-11-13-23(14-12-22)32(28,29)25(24(27)30-4-2)15-17-26(18-16-25)20-21-9-7-6-8-10-21;1-2-3-17-30-20-9-11-21(12-10-20)31(28,29)23(22(26)24-27)13-15-25(16-14-23)18-19-7-5-4-6-8-19/h6-14H,3-5,15-20H2,1-2H3;4-12,27H,2-3,13-18H2,1H3,(H,24,26). The quantitative estimate of drug-likeness (QED) is 0.0414. The zero-order chi connectivity index (χ0) is 45.4. The smallest absolute Gasteiger partial charge is 0.327 e. The van der Waals surface area contributed by atoms with Gasteiger partial charge in [-0.15, -0.1) is 0 Å². The van der Waals surface area contributed by atoms with Gasteiger partial charge in [0.05, 0.1) is 29.6 Å². The molecular weight excluding hydrogens is 843 g/mol. The fraction of sp³-hybridized carbons (Fsp3) is 0.458. The van der Waals surface area contributed by atoms with Crippen molar-refractivity contribution in [3.63, 3.8) is 0 Å². The van der Waals surface area contributed by atoms with Crippen molar-refractivity contribution in [2.24, 2.45) is 0 Å². The molecule has 342 valence electrons. The summed E-state index contributed by atoms with van der Waals surface area (Å²) >= 11 is 0. The first kappa shape index (κ1) is 49.2. The highest BCUT2D eigenvalue weighted by molar-refractivity contribution is 7.94. The van der Waals surface area contributed by atoms with Crippen LogP contribution in [0.5, 0.6) is 11.5 Å². The number of esters is 1. The van der Waals surface area contributed by atoms with Crippen molar-refractivity contribution in [1.82, 2.24) is 15.3 Å². The minimum atomic E-state index is -4.03. The Hall–Kier alpha value is -4.80. The zero-order valence-electron chi connectivity index (χ0n) is 36.7. The lowest BCUT2D eigenvalue weighted by Crippen LogP contribution is -2.57. The van der Waals surface area contributed by atoms with E-state index in [1.807, 2.05) is 60.7 Å². The number of sulfone groups is 2. The second-order valence-electron chi connectivity index (χ2n) is 16.0. The average molecular weight is 906 g/mol. The molecule has 2 N–H and O–H groups in total. The minimum absolute atomic E-state index is 0.0513. The number of hydroxylamine groups is 1. The predicted octanol–water partition coefficient (Wildman–Crippen LogP) is 7.42. The van der Waals surface area contributed by atoms with Gasteiger partial charge in [-0.2, -0.15) is 0 Å². The molecule has 0 unspecified atom stereocenters. The highest BCUT2D eigenvalue weighted by Crippen LogP contribution is 2.39. The molecule has 2 fully saturated rings. The maximum absolute atomic E-state index is 13.7. The Morgan fingerprint density at radius 3 is 1.33 bits per heavy atom. The van der Waals surface area contributed by atoms with Crippen LogP contribution in [0.25, 0.3) is 0 Å². The number of hydrogen-bond acceptors (Lipinski definition) is 12. The first-order valence-corrected chi connectivity index (χ1v) is 24.9. The van der Waals surface area contributed by atoms with Gasteiger partial charge in [-0.05, 0) is 105 Å². The number of nitrogens with zero attached hydrogens (tertiary/aromatic N) is 2. The molecule has 1 amide bonds. The molecule has 2 saturated heterocycles. The molecule has 2 heterocycles. The van der Waals surface area contributed by atoms with Crippen molar-refractivity contribution in [3.05, 3.63) is 120 Å². The van der Waals surface area contributed by atoms with Gasteiger partial charge in [0.2, 0.25) is 0 Å². The Morgan fingerprint density at radius 1 is 0.587 bits per heavy atom. The number of ether oxygens (including phenoxy) is 3. The number of rotatable bonds is 19. The number of unbranched alkanes of at least 4 members (excludes halogenated alkanes) is 2. The molecule has 0 bridgehead atoms. The van der Waals surface area contributed by atoms with Crippen molar-refractivity contribution in [3.8, 4) is 11.5 Å². The van der Waals surface area contributed by atoms with E-state index in [4.69, 9.17) is 14.2 Å². The summed E-state index contributed by atoms with van der Waals surface area (Å²) in [6.07, 6.45) is 4.49. The molecule has 2 aliphatic heterocycles. The summed E-state index contributed by atoms with van der Waals surface area (Å²) < 4.78 is 67.7. The average Bonchev–Trinajstić information content (AvgIpc) is 3.30. The van der Waals surface area contributed by atoms with Gasteiger partial charge in [0, 0.05) is 39.3 Å². The lowest BCUT2D eigenvalue weighted by atomic mass is 9.94. The topological polar surface area (TPSA) is 169 Å². The van der Waals surface area contributed by atoms with Gasteiger partial charge in [-0.1, -0.05) is 87.4 Å². The van der Waals surface area contributed by atoms with Gasteiger partial charge in [-0.3, -0.25) is 24.6 Å². The van der Waals surface area contributed by atoms with E-state index in [1.165, 1.54) is 24.3 Å². The van der Waals surface area contributed by atoms with E-state index in [9.17, 15) is 31.6 Å². The second-order valence-corrected chi connectivity index (χ2v) is 20.5. The zero-order valence-corrected chi connectivity index (χ0v) is 38.4. The van der Waals surface area contributed by atoms with Gasteiger partial charge in [0.25, 0.3) is 5.91 Å². The summed E-state index contributed by atoms with van der Waals surface area (Å²) in [4.78, 5) is 30.1. The van der Waals surface area contributed by atoms with E-state index < -0.39 is 41.0 Å². The first-order chi connectivity index (χ1) is 30.4. The molecule has 6 rings (SSSR count). The van der Waals surface area contributed by atoms with Crippen LogP contribution < -0.4 is 15.0 Å². The third-order valence-corrected chi connectivity index (χ3v) is 16.8. The molecule has 4 aromatic rings. The highest BCUT2D eigenvalue weighted by Gasteiger charge is 2.55. The maximum atomic E-state index is 13.7. The van der Waals surface area contributed by atoms with Crippen LogP contribution in [0.1, 0.15) is 83.3 Å². The monoisotopic (exact) mass is 905 g/mol. The van der Waals surface area contributed by atoms with E-state index in [2.05, 4.69) is 23.6 Å². The molecule has 4 aromatic carbocycles. The Kier molecular flexibility index (Phi) is 18.1. The van der Waals surface area contributed by atoms with Crippen molar-refractivity contribution in [1.29, 1.82) is 0 Å². The van der Waals surface area contributed by atoms with Crippen molar-refractivity contribution in [2.45, 2.75) is 105 Å². The van der Waals surface area contributed by atoms with Gasteiger partial charge < -0.3 is 14.2 Å². The third-order valence-electron chi connectivity index (χ3n) is 11.8. The van der Waals surface area contributed by atoms with Crippen LogP contribution in [-0.2, 0) is 47.1 Å². The van der Waals surface area contributed by atoms with Crippen molar-refractivity contribution < 1.29 is 45.8 Å². The fourth-order valence-electron chi connectivity index (χ4n) is 7.94. The molecule has 63 heavy (non-hydrogen) atoms. The molecular formula is C48H63N3O10S2. The normalized spacial score (nSPS) is 16.5. The van der Waals surface area contributed by atoms with Crippen LogP contribution >= 0.6 is 0 Å². The summed E-state index contributed by atoms with van der Waals surface area (Å²) in [5.74, 6) is -0.316. The van der Waals surface area contributed by atoms with E-state index in [0.29, 0.717) is 57.4 Å². The predicted molar refractivity (Wildman–Crippen MR) is 242 cm³/mol. The minimum Gasteiger partial charge on any atom is -0.494 e. The number of benzene rings is 4. The Bertz CT molecular complexity index is 2240. The molecule has 0 radical (unpaired) electrons. The van der Waals surface area contributed by atoms with Crippen LogP contribution in [0.3, 0.4) is 0 Å². The van der Waals surface area contributed by atoms with E-state index >= 15 is 0 Å². The van der Waals surface area contributed by atoms with Gasteiger partial charge in [0.1, 0.15) is 11.5 Å². The summed E-state index contributed by atoms with van der Waals surface area (Å²) in [6.45, 7) is 10.4. The maximum Gasteiger partial charge on any atom is 0.327 e. The van der Waals surface area contributed by atoms with E-state index in [1.54, 1.807) is 36.7 Å². The summed E-state index contributed by atoms with van der Waals surface area (Å²) in [5, 5.41) is 9.33. The molecule has 15 heteroatoms. The van der Waals surface area contributed by atoms with Gasteiger partial charge in [0.15, 0.2) is 29.2 Å². The number of likely N-dealkylation sites (tertiary alicyclic amines) is 2. The van der Waals surface area contributed by atoms with E-state index in [-0.39, 0.29) is 42.1 Å². The summed E-state index contributed by atoms with van der Waals surface area (Å²) in [7, 11) is -7.97. The lowest BCUT2D eigenvalue weighted by Gasteiger charge is -2.39. The number of amides is 1. The molecule has 0 atom stereocenters. The van der Waals surface area contributed by atoms with Crippen LogP contribution in [0.15, 0.2) is 119 Å². The van der Waals surface area contributed by atoms with Crippen LogP contribution in [0, 0.1) is 0 Å². The Morgan fingerprint density at radius 2 is 0.968 bits per heavy atom. The number of hydrogen-bond donors (Lipinski definition) is 2. The number of carbonyl (C=O) groups is 2. The second kappa shape index (κ2) is 23.2. The van der Waals surface area contributed by atoms with Crippen LogP contribution in [-0.4, -0.2) is 99.2 Å². The number of nitrogens with one attached hydrogen (secondary N) is 1. The fourth-order valence-corrected chi connectivity index (χ4v) is 11.8. The largest absolute Gasteiger partial charge is 0.494 e. The molecule has 2 aliphatic rings. The molecule has 0 spiro atoms. The first-order valence-electron chi connectivity index (χ1n) is 21.9. The van der Waals surface area contributed by atoms with E-state index in [0.717, 1.165) is 43.4 Å².